The minimum absolute atomic E-state index is 0.00255. The summed E-state index contributed by atoms with van der Waals surface area (Å²) in [5.41, 5.74) is 1.43. The van der Waals surface area contributed by atoms with Gasteiger partial charge in [-0.25, -0.2) is 0 Å². The van der Waals surface area contributed by atoms with Gasteiger partial charge >= 0.3 is 0 Å². The van der Waals surface area contributed by atoms with Crippen molar-refractivity contribution < 1.29 is 9.32 Å². The highest BCUT2D eigenvalue weighted by molar-refractivity contribution is 5.86. The highest BCUT2D eigenvalue weighted by Crippen LogP contribution is 2.18. The molecule has 0 bridgehead atoms. The molecule has 1 aromatic carbocycles. The molecule has 1 atom stereocenters. The first-order valence-electron chi connectivity index (χ1n) is 6.16. The van der Waals surface area contributed by atoms with Crippen LogP contribution in [0.5, 0.6) is 0 Å². The first-order valence-corrected chi connectivity index (χ1v) is 6.16. The fraction of sp³-hybridized carbons (Fsp3) is 0.385. The Labute approximate surface area is 105 Å². The summed E-state index contributed by atoms with van der Waals surface area (Å²) in [6.45, 7) is 1.82. The second-order valence-electron chi connectivity index (χ2n) is 4.56. The number of hydrogen-bond donors (Lipinski definition) is 2. The smallest absolute Gasteiger partial charge is 0.226 e. The van der Waals surface area contributed by atoms with Crippen molar-refractivity contribution in [2.45, 2.75) is 18.9 Å². The van der Waals surface area contributed by atoms with Crippen LogP contribution >= 0.6 is 0 Å². The Morgan fingerprint density at radius 3 is 3.22 bits per heavy atom. The van der Waals surface area contributed by atoms with Crippen molar-refractivity contribution in [3.63, 3.8) is 0 Å². The molecule has 18 heavy (non-hydrogen) atoms. The summed E-state index contributed by atoms with van der Waals surface area (Å²) in [6.07, 6.45) is 1.26. The molecule has 1 aromatic heterocycles. The number of benzene rings is 1. The topological polar surface area (TPSA) is 67.2 Å². The van der Waals surface area contributed by atoms with Gasteiger partial charge in [0, 0.05) is 18.0 Å². The van der Waals surface area contributed by atoms with E-state index >= 15 is 0 Å². The second-order valence-corrected chi connectivity index (χ2v) is 4.56. The molecule has 0 unspecified atom stereocenters. The predicted molar refractivity (Wildman–Crippen MR) is 67.1 cm³/mol. The largest absolute Gasteiger partial charge is 0.356 e. The average Bonchev–Trinajstić information content (AvgIpc) is 3.00. The standard InChI is InChI=1S/C13H15N3O2/c17-13(15-9-5-6-14-8-9)7-11-10-3-1-2-4-12(10)18-16-11/h1-4,9,14H,5-8H2,(H,15,17)/t9-/m1/s1. The Bertz CT molecular complexity index is 558. The van der Waals surface area contributed by atoms with Crippen LogP contribution in [0.1, 0.15) is 12.1 Å². The van der Waals surface area contributed by atoms with Gasteiger partial charge in [0.15, 0.2) is 5.58 Å². The summed E-state index contributed by atoms with van der Waals surface area (Å²) in [6, 6.07) is 7.83. The molecule has 1 fully saturated rings. The molecule has 0 aliphatic carbocycles. The summed E-state index contributed by atoms with van der Waals surface area (Å²) >= 11 is 0. The van der Waals surface area contributed by atoms with Gasteiger partial charge in [-0.1, -0.05) is 17.3 Å². The lowest BCUT2D eigenvalue weighted by atomic mass is 10.1. The van der Waals surface area contributed by atoms with E-state index in [1.54, 1.807) is 0 Å². The van der Waals surface area contributed by atoms with Crippen LogP contribution in [-0.2, 0) is 11.2 Å². The number of nitrogens with one attached hydrogen (secondary N) is 2. The number of aromatic nitrogens is 1. The average molecular weight is 245 g/mol. The fourth-order valence-corrected chi connectivity index (χ4v) is 2.27. The van der Waals surface area contributed by atoms with Crippen molar-refractivity contribution >= 4 is 16.9 Å². The first-order chi connectivity index (χ1) is 8.83. The normalized spacial score (nSPS) is 19.2. The van der Waals surface area contributed by atoms with Crippen LogP contribution in [0, 0.1) is 0 Å². The lowest BCUT2D eigenvalue weighted by Gasteiger charge is -2.10. The van der Waals surface area contributed by atoms with E-state index in [1.165, 1.54) is 0 Å². The molecule has 5 heteroatoms. The van der Waals surface area contributed by atoms with Crippen LogP contribution in [0.4, 0.5) is 0 Å². The van der Waals surface area contributed by atoms with Crippen LogP contribution in [0.15, 0.2) is 28.8 Å². The molecular formula is C13H15N3O2. The van der Waals surface area contributed by atoms with Gasteiger partial charge in [-0.15, -0.1) is 0 Å². The Morgan fingerprint density at radius 2 is 2.39 bits per heavy atom. The van der Waals surface area contributed by atoms with Crippen molar-refractivity contribution in [1.82, 2.24) is 15.8 Å². The Balaban J connectivity index is 1.70. The molecule has 0 spiro atoms. The van der Waals surface area contributed by atoms with E-state index < -0.39 is 0 Å². The molecule has 1 aliphatic heterocycles. The van der Waals surface area contributed by atoms with E-state index in [0.717, 1.165) is 30.5 Å². The second kappa shape index (κ2) is 4.78. The number of fused-ring (bicyclic) bond motifs is 1. The van der Waals surface area contributed by atoms with Gasteiger partial charge in [-0.2, -0.15) is 0 Å². The molecule has 1 saturated heterocycles. The van der Waals surface area contributed by atoms with Crippen molar-refractivity contribution in [1.29, 1.82) is 0 Å². The highest BCUT2D eigenvalue weighted by atomic mass is 16.5. The third-order valence-corrected chi connectivity index (χ3v) is 3.21. The SMILES string of the molecule is O=C(Cc1noc2ccccc12)N[C@@H]1CCNC1. The molecule has 0 radical (unpaired) electrons. The Hall–Kier alpha value is -1.88. The van der Waals surface area contributed by atoms with Crippen LogP contribution in [0.2, 0.25) is 0 Å². The van der Waals surface area contributed by atoms with Gasteiger partial charge < -0.3 is 15.2 Å². The maximum absolute atomic E-state index is 11.9. The van der Waals surface area contributed by atoms with Gasteiger partial charge in [0.1, 0.15) is 5.69 Å². The zero-order valence-electron chi connectivity index (χ0n) is 9.98. The molecule has 0 saturated carbocycles. The zero-order chi connectivity index (χ0) is 12.4. The molecule has 2 heterocycles. The van der Waals surface area contributed by atoms with Gasteiger partial charge in [-0.3, -0.25) is 4.79 Å². The van der Waals surface area contributed by atoms with Crippen LogP contribution < -0.4 is 10.6 Å². The minimum Gasteiger partial charge on any atom is -0.356 e. The van der Waals surface area contributed by atoms with E-state index in [2.05, 4.69) is 15.8 Å². The zero-order valence-corrected chi connectivity index (χ0v) is 9.98. The minimum atomic E-state index is 0.00255. The number of carbonyl (C=O) groups is 1. The summed E-state index contributed by atoms with van der Waals surface area (Å²) in [5, 5.41) is 11.1. The maximum atomic E-state index is 11.9. The molecule has 94 valence electrons. The molecular weight excluding hydrogens is 230 g/mol. The van der Waals surface area contributed by atoms with Crippen molar-refractivity contribution in [3.8, 4) is 0 Å². The third-order valence-electron chi connectivity index (χ3n) is 3.21. The van der Waals surface area contributed by atoms with Gasteiger partial charge in [0.05, 0.1) is 6.42 Å². The number of amides is 1. The first kappa shape index (κ1) is 11.2. The lowest BCUT2D eigenvalue weighted by molar-refractivity contribution is -0.121. The quantitative estimate of drug-likeness (QED) is 0.841. The van der Waals surface area contributed by atoms with E-state index in [1.807, 2.05) is 24.3 Å². The molecule has 5 nitrogen and oxygen atoms in total. The van der Waals surface area contributed by atoms with Crippen LogP contribution in [0.3, 0.4) is 0 Å². The monoisotopic (exact) mass is 245 g/mol. The van der Waals surface area contributed by atoms with E-state index in [0.29, 0.717) is 5.69 Å². The number of hydrogen-bond acceptors (Lipinski definition) is 4. The van der Waals surface area contributed by atoms with E-state index in [4.69, 9.17) is 4.52 Å². The molecule has 1 amide bonds. The lowest BCUT2D eigenvalue weighted by Crippen LogP contribution is -2.37. The fourth-order valence-electron chi connectivity index (χ4n) is 2.27. The third kappa shape index (κ3) is 2.22. The maximum Gasteiger partial charge on any atom is 0.226 e. The number of para-hydroxylation sites is 1. The number of carbonyl (C=O) groups excluding carboxylic acids is 1. The van der Waals surface area contributed by atoms with Crippen molar-refractivity contribution in [2.24, 2.45) is 0 Å². The summed E-state index contributed by atoms with van der Waals surface area (Å²) in [5.74, 6) is 0.00255. The molecule has 2 aromatic rings. The summed E-state index contributed by atoms with van der Waals surface area (Å²) in [4.78, 5) is 11.9. The molecule has 3 rings (SSSR count). The summed E-state index contributed by atoms with van der Waals surface area (Å²) < 4.78 is 5.18. The number of nitrogens with zero attached hydrogens (tertiary/aromatic N) is 1. The predicted octanol–water partition coefficient (Wildman–Crippen LogP) is 0.848. The van der Waals surface area contributed by atoms with Gasteiger partial charge in [-0.05, 0) is 25.1 Å². The highest BCUT2D eigenvalue weighted by Gasteiger charge is 2.18. The van der Waals surface area contributed by atoms with E-state index in [9.17, 15) is 4.79 Å². The summed E-state index contributed by atoms with van der Waals surface area (Å²) in [7, 11) is 0. The Morgan fingerprint density at radius 1 is 1.50 bits per heavy atom. The molecule has 1 aliphatic rings. The van der Waals surface area contributed by atoms with Gasteiger partial charge in [0.25, 0.3) is 0 Å². The Kier molecular flexibility index (Phi) is 2.98. The molecule has 2 N–H and O–H groups in total. The van der Waals surface area contributed by atoms with Crippen LogP contribution in [-0.4, -0.2) is 30.2 Å². The van der Waals surface area contributed by atoms with Crippen LogP contribution in [0.25, 0.3) is 11.0 Å². The van der Waals surface area contributed by atoms with Crippen molar-refractivity contribution in [3.05, 3.63) is 30.0 Å². The van der Waals surface area contributed by atoms with Crippen molar-refractivity contribution in [2.75, 3.05) is 13.1 Å². The number of rotatable bonds is 3. The van der Waals surface area contributed by atoms with E-state index in [-0.39, 0.29) is 18.4 Å². The van der Waals surface area contributed by atoms with Gasteiger partial charge in [0.2, 0.25) is 5.91 Å².